The fourth-order valence-corrected chi connectivity index (χ4v) is 2.88. The van der Waals surface area contributed by atoms with Crippen molar-refractivity contribution in [2.75, 3.05) is 13.2 Å². The van der Waals surface area contributed by atoms with E-state index < -0.39 is 0 Å². The molecule has 0 spiro atoms. The maximum Gasteiger partial charge on any atom is 0.0437 e. The number of hydrogen-bond donors (Lipinski definition) is 2. The van der Waals surface area contributed by atoms with Gasteiger partial charge in [-0.1, -0.05) is 60.7 Å². The topological polar surface area (TPSA) is 40.5 Å². The molecule has 2 nitrogen and oxygen atoms in total. The third kappa shape index (κ3) is 3.69. The SMILES string of the molecule is OCC[C@H](c1ccccc1)[C@H](CCO)c1ccccc1. The van der Waals surface area contributed by atoms with Crippen LogP contribution in [0.3, 0.4) is 0 Å². The summed E-state index contributed by atoms with van der Waals surface area (Å²) in [7, 11) is 0. The van der Waals surface area contributed by atoms with Crippen LogP contribution in [0.5, 0.6) is 0 Å². The molecule has 0 aliphatic carbocycles. The van der Waals surface area contributed by atoms with Crippen molar-refractivity contribution >= 4 is 0 Å². The molecule has 0 aliphatic heterocycles. The molecular formula is C18H22O2. The minimum atomic E-state index is 0.161. The Balaban J connectivity index is 2.33. The summed E-state index contributed by atoms with van der Waals surface area (Å²) >= 11 is 0. The van der Waals surface area contributed by atoms with Crippen molar-refractivity contribution in [1.29, 1.82) is 0 Å². The van der Waals surface area contributed by atoms with Crippen molar-refractivity contribution in [3.63, 3.8) is 0 Å². The zero-order valence-corrected chi connectivity index (χ0v) is 11.7. The Bertz CT molecular complexity index is 434. The lowest BCUT2D eigenvalue weighted by molar-refractivity contribution is 0.240. The van der Waals surface area contributed by atoms with Crippen LogP contribution in [0.25, 0.3) is 0 Å². The Kier molecular flexibility index (Phi) is 5.78. The highest BCUT2D eigenvalue weighted by atomic mass is 16.3. The first-order valence-corrected chi connectivity index (χ1v) is 7.18. The maximum atomic E-state index is 9.40. The minimum Gasteiger partial charge on any atom is -0.396 e. The van der Waals surface area contributed by atoms with E-state index in [9.17, 15) is 10.2 Å². The molecule has 0 heterocycles. The van der Waals surface area contributed by atoms with Gasteiger partial charge in [0.25, 0.3) is 0 Å². The highest BCUT2D eigenvalue weighted by molar-refractivity contribution is 5.28. The molecule has 2 rings (SSSR count). The Morgan fingerprint density at radius 3 is 1.25 bits per heavy atom. The van der Waals surface area contributed by atoms with E-state index in [1.54, 1.807) is 0 Å². The molecule has 0 amide bonds. The van der Waals surface area contributed by atoms with Crippen molar-refractivity contribution in [2.24, 2.45) is 0 Å². The van der Waals surface area contributed by atoms with Crippen LogP contribution in [0.4, 0.5) is 0 Å². The smallest absolute Gasteiger partial charge is 0.0437 e. The molecule has 2 aromatic rings. The van der Waals surface area contributed by atoms with Gasteiger partial charge in [-0.2, -0.15) is 0 Å². The summed E-state index contributed by atoms with van der Waals surface area (Å²) in [6.07, 6.45) is 1.42. The van der Waals surface area contributed by atoms with Gasteiger partial charge in [0, 0.05) is 13.2 Å². The van der Waals surface area contributed by atoms with Gasteiger partial charge < -0.3 is 10.2 Å². The Labute approximate surface area is 120 Å². The molecule has 106 valence electrons. The third-order valence-electron chi connectivity index (χ3n) is 3.82. The molecule has 2 aromatic carbocycles. The molecule has 0 saturated carbocycles. The lowest BCUT2D eigenvalue weighted by Gasteiger charge is -2.27. The molecular weight excluding hydrogens is 248 g/mol. The number of rotatable bonds is 7. The lowest BCUT2D eigenvalue weighted by Crippen LogP contribution is -2.14. The summed E-state index contributed by atoms with van der Waals surface area (Å²) in [5.74, 6) is 0.464. The van der Waals surface area contributed by atoms with Gasteiger partial charge in [-0.05, 0) is 35.8 Å². The van der Waals surface area contributed by atoms with Crippen molar-refractivity contribution < 1.29 is 10.2 Å². The van der Waals surface area contributed by atoms with Crippen LogP contribution in [0.1, 0.15) is 35.8 Å². The highest BCUT2D eigenvalue weighted by Crippen LogP contribution is 2.37. The Morgan fingerprint density at radius 2 is 0.950 bits per heavy atom. The van der Waals surface area contributed by atoms with Crippen LogP contribution in [-0.2, 0) is 0 Å². The van der Waals surface area contributed by atoms with Gasteiger partial charge in [-0.15, -0.1) is 0 Å². The van der Waals surface area contributed by atoms with E-state index in [2.05, 4.69) is 24.3 Å². The van der Waals surface area contributed by atoms with Crippen LogP contribution in [0.15, 0.2) is 60.7 Å². The summed E-state index contributed by atoms with van der Waals surface area (Å²) in [6.45, 7) is 0.322. The molecule has 2 atom stereocenters. The Hall–Kier alpha value is -1.64. The molecule has 20 heavy (non-hydrogen) atoms. The molecule has 0 unspecified atom stereocenters. The zero-order valence-electron chi connectivity index (χ0n) is 11.7. The zero-order chi connectivity index (χ0) is 14.2. The van der Waals surface area contributed by atoms with Crippen LogP contribution in [0.2, 0.25) is 0 Å². The van der Waals surface area contributed by atoms with Gasteiger partial charge in [-0.25, -0.2) is 0 Å². The first-order chi connectivity index (χ1) is 9.86. The molecule has 0 fully saturated rings. The van der Waals surface area contributed by atoms with Gasteiger partial charge in [0.1, 0.15) is 0 Å². The van der Waals surface area contributed by atoms with E-state index in [-0.39, 0.29) is 25.0 Å². The average Bonchev–Trinajstić information content (AvgIpc) is 2.52. The summed E-state index contributed by atoms with van der Waals surface area (Å²) in [4.78, 5) is 0. The molecule has 0 aliphatic rings. The summed E-state index contributed by atoms with van der Waals surface area (Å²) < 4.78 is 0. The van der Waals surface area contributed by atoms with E-state index in [1.165, 1.54) is 11.1 Å². The second-order valence-corrected chi connectivity index (χ2v) is 5.06. The van der Waals surface area contributed by atoms with E-state index in [0.29, 0.717) is 12.8 Å². The minimum absolute atomic E-state index is 0.161. The molecule has 0 radical (unpaired) electrons. The van der Waals surface area contributed by atoms with Crippen LogP contribution < -0.4 is 0 Å². The predicted molar refractivity (Wildman–Crippen MR) is 81.8 cm³/mol. The fraction of sp³-hybridized carbons (Fsp3) is 0.333. The molecule has 0 aromatic heterocycles. The van der Waals surface area contributed by atoms with E-state index >= 15 is 0 Å². The monoisotopic (exact) mass is 270 g/mol. The standard InChI is InChI=1S/C18H22O2/c19-13-11-17(15-7-3-1-4-8-15)18(12-14-20)16-9-5-2-6-10-16/h1-10,17-20H,11-14H2/t17-,18-/m1/s1. The largest absolute Gasteiger partial charge is 0.396 e. The number of hydrogen-bond acceptors (Lipinski definition) is 2. The fourth-order valence-electron chi connectivity index (χ4n) is 2.88. The summed E-state index contributed by atoms with van der Waals surface area (Å²) in [6, 6.07) is 20.5. The van der Waals surface area contributed by atoms with Crippen LogP contribution in [-0.4, -0.2) is 23.4 Å². The first-order valence-electron chi connectivity index (χ1n) is 7.18. The van der Waals surface area contributed by atoms with Gasteiger partial charge >= 0.3 is 0 Å². The van der Waals surface area contributed by atoms with Crippen molar-refractivity contribution in [3.05, 3.63) is 71.8 Å². The number of benzene rings is 2. The normalized spacial score (nSPS) is 13.9. The van der Waals surface area contributed by atoms with E-state index in [4.69, 9.17) is 0 Å². The van der Waals surface area contributed by atoms with Gasteiger partial charge in [0.2, 0.25) is 0 Å². The van der Waals surface area contributed by atoms with Crippen molar-refractivity contribution in [2.45, 2.75) is 24.7 Å². The number of aliphatic hydroxyl groups is 2. The van der Waals surface area contributed by atoms with Crippen LogP contribution >= 0.6 is 0 Å². The summed E-state index contributed by atoms with van der Waals surface area (Å²) in [5, 5.41) is 18.8. The van der Waals surface area contributed by atoms with Crippen molar-refractivity contribution in [1.82, 2.24) is 0 Å². The maximum absolute atomic E-state index is 9.40. The van der Waals surface area contributed by atoms with E-state index in [0.717, 1.165) is 0 Å². The second kappa shape index (κ2) is 7.83. The average molecular weight is 270 g/mol. The van der Waals surface area contributed by atoms with Gasteiger partial charge in [-0.3, -0.25) is 0 Å². The van der Waals surface area contributed by atoms with Gasteiger partial charge in [0.05, 0.1) is 0 Å². The van der Waals surface area contributed by atoms with Crippen LogP contribution in [0, 0.1) is 0 Å². The molecule has 2 heteroatoms. The lowest BCUT2D eigenvalue weighted by atomic mass is 9.78. The van der Waals surface area contributed by atoms with Crippen molar-refractivity contribution in [3.8, 4) is 0 Å². The number of aliphatic hydroxyl groups excluding tert-OH is 2. The molecule has 0 bridgehead atoms. The van der Waals surface area contributed by atoms with Gasteiger partial charge in [0.15, 0.2) is 0 Å². The quantitative estimate of drug-likeness (QED) is 0.810. The highest BCUT2D eigenvalue weighted by Gasteiger charge is 2.23. The summed E-state index contributed by atoms with van der Waals surface area (Å²) in [5.41, 5.74) is 2.45. The molecule has 0 saturated heterocycles. The third-order valence-corrected chi connectivity index (χ3v) is 3.82. The predicted octanol–water partition coefficient (Wildman–Crippen LogP) is 3.32. The Morgan fingerprint density at radius 1 is 0.600 bits per heavy atom. The van der Waals surface area contributed by atoms with E-state index in [1.807, 2.05) is 36.4 Å². The molecule has 2 N–H and O–H groups in total. The second-order valence-electron chi connectivity index (χ2n) is 5.06. The first kappa shape index (κ1) is 14.8.